The van der Waals surface area contributed by atoms with Gasteiger partial charge < -0.3 is 10.6 Å². The Morgan fingerprint density at radius 2 is 2.47 bits per heavy atom. The molecule has 1 aliphatic rings. The van der Waals surface area contributed by atoms with Crippen molar-refractivity contribution in [1.29, 1.82) is 0 Å². The van der Waals surface area contributed by atoms with Gasteiger partial charge >= 0.3 is 0 Å². The Balaban J connectivity index is 2.01. The normalized spacial score (nSPS) is 18.7. The first kappa shape index (κ1) is 14.5. The summed E-state index contributed by atoms with van der Waals surface area (Å²) < 4.78 is 2.10. The summed E-state index contributed by atoms with van der Waals surface area (Å²) in [7, 11) is 0. The lowest BCUT2D eigenvalue weighted by atomic mass is 10.2. The van der Waals surface area contributed by atoms with Crippen LogP contribution in [0.2, 0.25) is 0 Å². The monoisotopic (exact) mass is 328 g/mol. The standard InChI is InChI=1S/C13H21BrN4O/c1-2-3-7-18-13(19)12(14)11(9-17-18)16-8-10-5-4-6-15-10/h9-10,15-16H,2-8H2,1H3. The first-order chi connectivity index (χ1) is 9.22. The summed E-state index contributed by atoms with van der Waals surface area (Å²) in [6.07, 6.45) is 6.17. The number of anilines is 1. The lowest BCUT2D eigenvalue weighted by Gasteiger charge is -2.14. The van der Waals surface area contributed by atoms with E-state index < -0.39 is 0 Å². The van der Waals surface area contributed by atoms with Crippen molar-refractivity contribution in [2.75, 3.05) is 18.4 Å². The molecule has 1 saturated heterocycles. The molecule has 0 radical (unpaired) electrons. The molecule has 0 saturated carbocycles. The van der Waals surface area contributed by atoms with Gasteiger partial charge in [-0.25, -0.2) is 4.68 Å². The summed E-state index contributed by atoms with van der Waals surface area (Å²) >= 11 is 3.38. The Morgan fingerprint density at radius 1 is 1.63 bits per heavy atom. The van der Waals surface area contributed by atoms with E-state index in [1.54, 1.807) is 6.20 Å². The van der Waals surface area contributed by atoms with Crippen molar-refractivity contribution < 1.29 is 0 Å². The van der Waals surface area contributed by atoms with Gasteiger partial charge in [0, 0.05) is 19.1 Å². The van der Waals surface area contributed by atoms with Gasteiger partial charge in [0.1, 0.15) is 4.47 Å². The molecule has 106 valence electrons. The number of rotatable bonds is 6. The third kappa shape index (κ3) is 3.79. The van der Waals surface area contributed by atoms with Crippen molar-refractivity contribution in [2.45, 2.75) is 45.2 Å². The van der Waals surface area contributed by atoms with Gasteiger partial charge in [0.2, 0.25) is 0 Å². The molecule has 0 amide bonds. The second-order valence-electron chi connectivity index (χ2n) is 4.93. The van der Waals surface area contributed by atoms with Crippen LogP contribution in [-0.2, 0) is 6.54 Å². The van der Waals surface area contributed by atoms with E-state index in [2.05, 4.69) is 38.6 Å². The highest BCUT2D eigenvalue weighted by molar-refractivity contribution is 9.10. The van der Waals surface area contributed by atoms with E-state index in [4.69, 9.17) is 0 Å². The first-order valence-corrected chi connectivity index (χ1v) is 7.74. The molecule has 2 rings (SSSR count). The van der Waals surface area contributed by atoms with Crippen LogP contribution in [0.5, 0.6) is 0 Å². The molecule has 2 N–H and O–H groups in total. The van der Waals surface area contributed by atoms with E-state index >= 15 is 0 Å². The molecular weight excluding hydrogens is 308 g/mol. The summed E-state index contributed by atoms with van der Waals surface area (Å²) in [4.78, 5) is 12.1. The van der Waals surface area contributed by atoms with E-state index in [0.717, 1.165) is 31.6 Å². The smallest absolute Gasteiger partial charge is 0.283 e. The highest BCUT2D eigenvalue weighted by atomic mass is 79.9. The zero-order valence-corrected chi connectivity index (χ0v) is 12.9. The average Bonchev–Trinajstić information content (AvgIpc) is 2.92. The third-order valence-electron chi connectivity index (χ3n) is 3.41. The third-order valence-corrected chi connectivity index (χ3v) is 4.18. The minimum absolute atomic E-state index is 0.0576. The van der Waals surface area contributed by atoms with Crippen LogP contribution >= 0.6 is 15.9 Å². The van der Waals surface area contributed by atoms with E-state index in [9.17, 15) is 4.79 Å². The summed E-state index contributed by atoms with van der Waals surface area (Å²) in [5.74, 6) is 0. The minimum Gasteiger partial charge on any atom is -0.381 e. The van der Waals surface area contributed by atoms with Crippen LogP contribution in [0.4, 0.5) is 5.69 Å². The number of hydrogen-bond donors (Lipinski definition) is 2. The summed E-state index contributed by atoms with van der Waals surface area (Å²) in [6.45, 7) is 4.70. The minimum atomic E-state index is -0.0576. The summed E-state index contributed by atoms with van der Waals surface area (Å²) in [5.41, 5.74) is 0.726. The van der Waals surface area contributed by atoms with E-state index in [0.29, 0.717) is 17.1 Å². The molecular formula is C13H21BrN4O. The highest BCUT2D eigenvalue weighted by Gasteiger charge is 2.15. The summed E-state index contributed by atoms with van der Waals surface area (Å²) in [6, 6.07) is 0.495. The van der Waals surface area contributed by atoms with Gasteiger partial charge in [-0.3, -0.25) is 4.79 Å². The van der Waals surface area contributed by atoms with Crippen molar-refractivity contribution >= 4 is 21.6 Å². The van der Waals surface area contributed by atoms with Crippen molar-refractivity contribution in [3.05, 3.63) is 21.0 Å². The largest absolute Gasteiger partial charge is 0.381 e. The molecule has 0 bridgehead atoms. The summed E-state index contributed by atoms with van der Waals surface area (Å²) in [5, 5.41) is 10.9. The van der Waals surface area contributed by atoms with Gasteiger partial charge in [-0.05, 0) is 41.7 Å². The van der Waals surface area contributed by atoms with Crippen LogP contribution in [0.1, 0.15) is 32.6 Å². The van der Waals surface area contributed by atoms with Gasteiger partial charge in [-0.15, -0.1) is 0 Å². The fourth-order valence-electron chi connectivity index (χ4n) is 2.22. The van der Waals surface area contributed by atoms with Gasteiger partial charge in [0.15, 0.2) is 0 Å². The van der Waals surface area contributed by atoms with Gasteiger partial charge in [-0.2, -0.15) is 5.10 Å². The van der Waals surface area contributed by atoms with E-state index in [1.165, 1.54) is 17.5 Å². The molecule has 5 nitrogen and oxygen atoms in total. The van der Waals surface area contributed by atoms with Crippen molar-refractivity contribution in [2.24, 2.45) is 0 Å². The quantitative estimate of drug-likeness (QED) is 0.838. The first-order valence-electron chi connectivity index (χ1n) is 6.95. The van der Waals surface area contributed by atoms with Crippen LogP contribution in [0, 0.1) is 0 Å². The highest BCUT2D eigenvalue weighted by Crippen LogP contribution is 2.17. The number of nitrogens with one attached hydrogen (secondary N) is 2. The molecule has 0 spiro atoms. The number of aryl methyl sites for hydroxylation is 1. The number of hydrogen-bond acceptors (Lipinski definition) is 4. The number of halogens is 1. The number of aromatic nitrogens is 2. The maximum Gasteiger partial charge on any atom is 0.283 e. The number of nitrogens with zero attached hydrogens (tertiary/aromatic N) is 2. The van der Waals surface area contributed by atoms with Gasteiger partial charge in [0.25, 0.3) is 5.56 Å². The van der Waals surface area contributed by atoms with Crippen LogP contribution in [0.25, 0.3) is 0 Å². The number of unbranched alkanes of at least 4 members (excludes halogenated alkanes) is 1. The molecule has 1 atom stereocenters. The van der Waals surface area contributed by atoms with Crippen molar-refractivity contribution in [3.63, 3.8) is 0 Å². The zero-order chi connectivity index (χ0) is 13.7. The lowest BCUT2D eigenvalue weighted by Crippen LogP contribution is -2.30. The van der Waals surface area contributed by atoms with Crippen LogP contribution in [0.3, 0.4) is 0 Å². The maximum absolute atomic E-state index is 12.1. The fourth-order valence-corrected chi connectivity index (χ4v) is 2.67. The molecule has 1 fully saturated rings. The Kier molecular flexibility index (Phi) is 5.39. The second-order valence-corrected chi connectivity index (χ2v) is 5.72. The molecule has 2 heterocycles. The maximum atomic E-state index is 12.1. The van der Waals surface area contributed by atoms with Gasteiger partial charge in [0.05, 0.1) is 11.9 Å². The second kappa shape index (κ2) is 7.05. The zero-order valence-electron chi connectivity index (χ0n) is 11.3. The molecule has 0 aromatic carbocycles. The van der Waals surface area contributed by atoms with E-state index in [1.807, 2.05) is 0 Å². The van der Waals surface area contributed by atoms with Crippen LogP contribution in [-0.4, -0.2) is 28.9 Å². The average molecular weight is 329 g/mol. The Bertz CT molecular complexity index is 468. The Hall–Kier alpha value is -0.880. The van der Waals surface area contributed by atoms with Crippen molar-refractivity contribution in [1.82, 2.24) is 15.1 Å². The Labute approximate surface area is 121 Å². The van der Waals surface area contributed by atoms with Crippen molar-refractivity contribution in [3.8, 4) is 0 Å². The SMILES string of the molecule is CCCCn1ncc(NCC2CCCN2)c(Br)c1=O. The molecule has 19 heavy (non-hydrogen) atoms. The predicted molar refractivity (Wildman–Crippen MR) is 80.6 cm³/mol. The fraction of sp³-hybridized carbons (Fsp3) is 0.692. The van der Waals surface area contributed by atoms with Gasteiger partial charge in [-0.1, -0.05) is 13.3 Å². The molecule has 1 aliphatic heterocycles. The topological polar surface area (TPSA) is 59.0 Å². The molecule has 1 aromatic heterocycles. The Morgan fingerprint density at radius 3 is 3.16 bits per heavy atom. The van der Waals surface area contributed by atoms with Crippen LogP contribution < -0.4 is 16.2 Å². The molecule has 1 aromatic rings. The molecule has 1 unspecified atom stereocenters. The molecule has 0 aliphatic carbocycles. The lowest BCUT2D eigenvalue weighted by molar-refractivity contribution is 0.540. The predicted octanol–water partition coefficient (Wildman–Crippen LogP) is 1.97. The van der Waals surface area contributed by atoms with E-state index in [-0.39, 0.29) is 5.56 Å². The van der Waals surface area contributed by atoms with Crippen LogP contribution in [0.15, 0.2) is 15.5 Å². The molecule has 6 heteroatoms.